The van der Waals surface area contributed by atoms with Crippen LogP contribution in [0, 0.1) is 0 Å². The molecule has 3 N–H and O–H groups in total. The SMILES string of the molecule is O=C(O)CC(Nc1cnnc2ccccc12)C(=O)O. The molecular weight excluding hydrogens is 250 g/mol. The Hall–Kier alpha value is -2.70. The maximum absolute atomic E-state index is 11.0. The Labute approximate surface area is 107 Å². The lowest BCUT2D eigenvalue weighted by atomic mass is 10.1. The summed E-state index contributed by atoms with van der Waals surface area (Å²) in [7, 11) is 0. The number of nitrogens with zero attached hydrogens (tertiary/aromatic N) is 2. The zero-order valence-electron chi connectivity index (χ0n) is 9.78. The van der Waals surface area contributed by atoms with Crippen molar-refractivity contribution < 1.29 is 19.8 Å². The first-order valence-electron chi connectivity index (χ1n) is 5.49. The highest BCUT2D eigenvalue weighted by molar-refractivity contribution is 5.92. The Morgan fingerprint density at radius 1 is 1.26 bits per heavy atom. The summed E-state index contributed by atoms with van der Waals surface area (Å²) < 4.78 is 0. The zero-order chi connectivity index (χ0) is 13.8. The molecule has 1 aromatic heterocycles. The van der Waals surface area contributed by atoms with Crippen LogP contribution in [-0.4, -0.2) is 38.4 Å². The van der Waals surface area contributed by atoms with Gasteiger partial charge in [0.2, 0.25) is 0 Å². The molecule has 0 fully saturated rings. The van der Waals surface area contributed by atoms with E-state index in [1.165, 1.54) is 6.20 Å². The van der Waals surface area contributed by atoms with Crippen LogP contribution in [0.15, 0.2) is 30.5 Å². The molecule has 2 rings (SSSR count). The average Bonchev–Trinajstić information content (AvgIpc) is 2.37. The largest absolute Gasteiger partial charge is 0.481 e. The van der Waals surface area contributed by atoms with Gasteiger partial charge in [-0.2, -0.15) is 10.2 Å². The minimum atomic E-state index is -1.23. The van der Waals surface area contributed by atoms with Crippen LogP contribution in [0.2, 0.25) is 0 Å². The van der Waals surface area contributed by atoms with Crippen LogP contribution in [-0.2, 0) is 9.59 Å². The normalized spacial score (nSPS) is 12.0. The minimum absolute atomic E-state index is 0.444. The third-order valence-electron chi connectivity index (χ3n) is 2.55. The number of carboxylic acids is 2. The van der Waals surface area contributed by atoms with Gasteiger partial charge < -0.3 is 15.5 Å². The topological polar surface area (TPSA) is 112 Å². The maximum atomic E-state index is 11.0. The Bertz CT molecular complexity index is 624. The van der Waals surface area contributed by atoms with E-state index in [1.54, 1.807) is 24.3 Å². The Kier molecular flexibility index (Phi) is 3.56. The Balaban J connectivity index is 2.33. The van der Waals surface area contributed by atoms with Crippen LogP contribution in [0.25, 0.3) is 10.9 Å². The van der Waals surface area contributed by atoms with Gasteiger partial charge in [-0.3, -0.25) is 4.79 Å². The van der Waals surface area contributed by atoms with Crippen molar-refractivity contribution in [2.45, 2.75) is 12.5 Å². The summed E-state index contributed by atoms with van der Waals surface area (Å²) in [5.41, 5.74) is 1.05. The van der Waals surface area contributed by atoms with Gasteiger partial charge >= 0.3 is 11.9 Å². The monoisotopic (exact) mass is 261 g/mol. The summed E-state index contributed by atoms with van der Waals surface area (Å²) in [6.07, 6.45) is 0.853. The van der Waals surface area contributed by atoms with Gasteiger partial charge in [-0.25, -0.2) is 4.79 Å². The first kappa shape index (κ1) is 12.7. The van der Waals surface area contributed by atoms with E-state index in [0.717, 1.165) is 0 Å². The minimum Gasteiger partial charge on any atom is -0.481 e. The van der Waals surface area contributed by atoms with E-state index in [0.29, 0.717) is 16.6 Å². The molecular formula is C12H11N3O4. The molecule has 0 radical (unpaired) electrons. The first-order chi connectivity index (χ1) is 9.08. The molecule has 1 atom stereocenters. The second kappa shape index (κ2) is 5.30. The Morgan fingerprint density at radius 2 is 2.00 bits per heavy atom. The molecule has 98 valence electrons. The molecule has 0 saturated heterocycles. The summed E-state index contributed by atoms with van der Waals surface area (Å²) >= 11 is 0. The molecule has 1 heterocycles. The number of nitrogens with one attached hydrogen (secondary N) is 1. The van der Waals surface area contributed by atoms with E-state index >= 15 is 0 Å². The fraction of sp³-hybridized carbons (Fsp3) is 0.167. The highest BCUT2D eigenvalue weighted by atomic mass is 16.4. The molecule has 19 heavy (non-hydrogen) atoms. The molecule has 0 spiro atoms. The van der Waals surface area contributed by atoms with Crippen molar-refractivity contribution in [2.24, 2.45) is 0 Å². The van der Waals surface area contributed by atoms with E-state index < -0.39 is 24.4 Å². The smallest absolute Gasteiger partial charge is 0.326 e. The number of carboxylic acid groups (broad SMARTS) is 2. The molecule has 7 heteroatoms. The highest BCUT2D eigenvalue weighted by Crippen LogP contribution is 2.21. The molecule has 0 saturated carbocycles. The number of carbonyl (C=O) groups is 2. The van der Waals surface area contributed by atoms with E-state index in [9.17, 15) is 9.59 Å². The van der Waals surface area contributed by atoms with Gasteiger partial charge in [-0.05, 0) is 6.07 Å². The number of hydrogen-bond acceptors (Lipinski definition) is 5. The quantitative estimate of drug-likeness (QED) is 0.735. The van der Waals surface area contributed by atoms with Crippen LogP contribution in [0.4, 0.5) is 5.69 Å². The third-order valence-corrected chi connectivity index (χ3v) is 2.55. The van der Waals surface area contributed by atoms with Gasteiger partial charge in [0.05, 0.1) is 23.8 Å². The van der Waals surface area contributed by atoms with E-state index in [-0.39, 0.29) is 0 Å². The third kappa shape index (κ3) is 2.95. The molecule has 0 aliphatic carbocycles. The highest BCUT2D eigenvalue weighted by Gasteiger charge is 2.21. The molecule has 0 aliphatic rings. The number of hydrogen-bond donors (Lipinski definition) is 3. The molecule has 1 unspecified atom stereocenters. The molecule has 0 amide bonds. The number of aromatic nitrogens is 2. The van der Waals surface area contributed by atoms with Crippen molar-refractivity contribution in [2.75, 3.05) is 5.32 Å². The first-order valence-corrected chi connectivity index (χ1v) is 5.49. The number of aliphatic carboxylic acids is 2. The summed E-state index contributed by atoms with van der Waals surface area (Å²) in [5.74, 6) is -2.42. The second-order valence-corrected chi connectivity index (χ2v) is 3.91. The second-order valence-electron chi connectivity index (χ2n) is 3.91. The molecule has 7 nitrogen and oxygen atoms in total. The number of anilines is 1. The van der Waals surface area contributed by atoms with Gasteiger partial charge in [0, 0.05) is 5.39 Å². The number of rotatable bonds is 5. The lowest BCUT2D eigenvalue weighted by molar-refractivity contribution is -0.144. The zero-order valence-corrected chi connectivity index (χ0v) is 9.78. The van der Waals surface area contributed by atoms with Crippen molar-refractivity contribution in [3.63, 3.8) is 0 Å². The van der Waals surface area contributed by atoms with Crippen LogP contribution in [0.3, 0.4) is 0 Å². The predicted octanol–water partition coefficient (Wildman–Crippen LogP) is 0.970. The maximum Gasteiger partial charge on any atom is 0.326 e. The Morgan fingerprint density at radius 3 is 2.68 bits per heavy atom. The van der Waals surface area contributed by atoms with Crippen molar-refractivity contribution in [3.8, 4) is 0 Å². The van der Waals surface area contributed by atoms with Crippen molar-refractivity contribution >= 4 is 28.5 Å². The van der Waals surface area contributed by atoms with Crippen molar-refractivity contribution in [1.29, 1.82) is 0 Å². The van der Waals surface area contributed by atoms with Crippen molar-refractivity contribution in [3.05, 3.63) is 30.5 Å². The summed E-state index contributed by atoms with van der Waals surface area (Å²) in [5, 5.41) is 28.7. The standard InChI is InChI=1S/C12H11N3O4/c16-11(17)5-9(12(18)19)14-10-6-13-15-8-4-2-1-3-7(8)10/h1-4,6,9H,5H2,(H,14,15)(H,16,17)(H,18,19). The van der Waals surface area contributed by atoms with Gasteiger partial charge in [0.25, 0.3) is 0 Å². The number of fused-ring (bicyclic) bond motifs is 1. The number of benzene rings is 1. The van der Waals surface area contributed by atoms with Gasteiger partial charge in [0.1, 0.15) is 6.04 Å². The molecule has 1 aromatic carbocycles. The molecule has 0 bridgehead atoms. The van der Waals surface area contributed by atoms with Crippen molar-refractivity contribution in [1.82, 2.24) is 10.2 Å². The lowest BCUT2D eigenvalue weighted by Crippen LogP contribution is -2.31. The van der Waals surface area contributed by atoms with Gasteiger partial charge in [-0.1, -0.05) is 18.2 Å². The summed E-state index contributed by atoms with van der Waals surface area (Å²) in [4.78, 5) is 21.7. The van der Waals surface area contributed by atoms with Crippen LogP contribution < -0.4 is 5.32 Å². The van der Waals surface area contributed by atoms with Gasteiger partial charge in [0.15, 0.2) is 0 Å². The lowest BCUT2D eigenvalue weighted by Gasteiger charge is -2.14. The van der Waals surface area contributed by atoms with Crippen LogP contribution in [0.5, 0.6) is 0 Å². The summed E-state index contributed by atoms with van der Waals surface area (Å²) in [6, 6.07) is 5.84. The predicted molar refractivity (Wildman–Crippen MR) is 66.8 cm³/mol. The van der Waals surface area contributed by atoms with Crippen LogP contribution >= 0.6 is 0 Å². The van der Waals surface area contributed by atoms with Gasteiger partial charge in [-0.15, -0.1) is 0 Å². The fourth-order valence-electron chi connectivity index (χ4n) is 1.68. The average molecular weight is 261 g/mol. The van der Waals surface area contributed by atoms with E-state index in [2.05, 4.69) is 15.5 Å². The molecule has 0 aliphatic heterocycles. The van der Waals surface area contributed by atoms with E-state index in [1.807, 2.05) is 0 Å². The fourth-order valence-corrected chi connectivity index (χ4v) is 1.68. The van der Waals surface area contributed by atoms with E-state index in [4.69, 9.17) is 10.2 Å². The molecule has 2 aromatic rings. The van der Waals surface area contributed by atoms with Crippen LogP contribution in [0.1, 0.15) is 6.42 Å². The summed E-state index contributed by atoms with van der Waals surface area (Å²) in [6.45, 7) is 0.